The molecule has 0 heterocycles. The van der Waals surface area contributed by atoms with Gasteiger partial charge < -0.3 is 10.5 Å². The normalized spacial score (nSPS) is 17.4. The minimum atomic E-state index is -4.70. The molecular weight excluding hydrogens is 315 g/mol. The summed E-state index contributed by atoms with van der Waals surface area (Å²) < 4.78 is 40.5. The Morgan fingerprint density at radius 1 is 1.36 bits per heavy atom. The van der Waals surface area contributed by atoms with Crippen molar-refractivity contribution >= 4 is 17.7 Å². The first-order valence-electron chi connectivity index (χ1n) is 7.11. The first kappa shape index (κ1) is 17.0. The highest BCUT2D eigenvalue weighted by atomic mass is 32.2. The molecule has 0 aromatic heterocycles. The third kappa shape index (κ3) is 5.12. The molecule has 122 valence electrons. The number of carbonyl (C=O) groups excluding carboxylic acids is 1. The van der Waals surface area contributed by atoms with E-state index in [2.05, 4.69) is 4.74 Å². The Hall–Kier alpha value is -1.37. The average molecular weight is 333 g/mol. The molecule has 1 aliphatic carbocycles. The molecule has 0 radical (unpaired) electrons. The van der Waals surface area contributed by atoms with Crippen LogP contribution in [0, 0.1) is 5.92 Å². The van der Waals surface area contributed by atoms with Gasteiger partial charge in [-0.3, -0.25) is 4.79 Å². The summed E-state index contributed by atoms with van der Waals surface area (Å²) in [4.78, 5) is 11.6. The Kier molecular flexibility index (Phi) is 5.61. The molecule has 1 fully saturated rings. The lowest BCUT2D eigenvalue weighted by molar-refractivity contribution is -0.274. The fourth-order valence-corrected chi connectivity index (χ4v) is 3.99. The molecule has 1 aromatic rings. The van der Waals surface area contributed by atoms with Gasteiger partial charge in [-0.05, 0) is 36.5 Å². The van der Waals surface area contributed by atoms with Crippen molar-refractivity contribution in [2.75, 3.05) is 0 Å². The van der Waals surface area contributed by atoms with Gasteiger partial charge in [-0.2, -0.15) is 0 Å². The summed E-state index contributed by atoms with van der Waals surface area (Å²) in [5.74, 6) is 0.109. The number of carbonyl (C=O) groups is 1. The van der Waals surface area contributed by atoms with Crippen molar-refractivity contribution in [3.8, 4) is 5.75 Å². The second-order valence-corrected chi connectivity index (χ2v) is 6.50. The number of primary amides is 1. The van der Waals surface area contributed by atoms with Crippen molar-refractivity contribution in [2.24, 2.45) is 11.7 Å². The van der Waals surface area contributed by atoms with Gasteiger partial charge in [0.2, 0.25) is 5.91 Å². The summed E-state index contributed by atoms with van der Waals surface area (Å²) in [5.41, 5.74) is 6.14. The Morgan fingerprint density at radius 2 is 2.05 bits per heavy atom. The molecule has 0 aliphatic heterocycles. The van der Waals surface area contributed by atoms with E-state index < -0.39 is 6.36 Å². The highest BCUT2D eigenvalue weighted by Gasteiger charge is 2.31. The maximum Gasteiger partial charge on any atom is 0.573 e. The topological polar surface area (TPSA) is 52.3 Å². The van der Waals surface area contributed by atoms with Gasteiger partial charge >= 0.3 is 6.36 Å². The highest BCUT2D eigenvalue weighted by Crippen LogP contribution is 2.35. The maximum absolute atomic E-state index is 12.2. The van der Waals surface area contributed by atoms with Crippen LogP contribution in [0.2, 0.25) is 0 Å². The molecular formula is C15H18F3NO2S. The van der Waals surface area contributed by atoms with Crippen molar-refractivity contribution in [1.29, 1.82) is 0 Å². The summed E-state index contributed by atoms with van der Waals surface area (Å²) >= 11 is 1.40. The smallest absolute Gasteiger partial charge is 0.406 e. The molecule has 1 unspecified atom stereocenters. The predicted octanol–water partition coefficient (Wildman–Crippen LogP) is 3.86. The van der Waals surface area contributed by atoms with Crippen molar-refractivity contribution in [3.05, 3.63) is 29.8 Å². The number of halogens is 3. The van der Waals surface area contributed by atoms with Gasteiger partial charge in [-0.25, -0.2) is 0 Å². The van der Waals surface area contributed by atoms with Gasteiger partial charge in [0.05, 0.1) is 5.25 Å². The number of alkyl halides is 3. The zero-order chi connectivity index (χ0) is 16.2. The number of nitrogens with two attached hydrogens (primary N) is 1. The van der Waals surface area contributed by atoms with Crippen molar-refractivity contribution in [1.82, 2.24) is 0 Å². The summed E-state index contributed by atoms with van der Waals surface area (Å²) in [7, 11) is 0. The lowest BCUT2D eigenvalue weighted by Gasteiger charge is -2.19. The lowest BCUT2D eigenvalue weighted by atomic mass is 10.0. The summed E-state index contributed by atoms with van der Waals surface area (Å²) in [5, 5.41) is -0.283. The van der Waals surface area contributed by atoms with Crippen LogP contribution in [0.4, 0.5) is 13.2 Å². The van der Waals surface area contributed by atoms with E-state index in [1.54, 1.807) is 6.07 Å². The van der Waals surface area contributed by atoms with Crippen LogP contribution < -0.4 is 10.5 Å². The summed E-state index contributed by atoms with van der Waals surface area (Å²) in [6, 6.07) is 5.81. The fourth-order valence-electron chi connectivity index (χ4n) is 2.73. The van der Waals surface area contributed by atoms with Gasteiger partial charge in [0.15, 0.2) is 0 Å². The molecule has 1 aromatic carbocycles. The van der Waals surface area contributed by atoms with E-state index in [1.165, 1.54) is 30.0 Å². The Bertz CT molecular complexity index is 516. The van der Waals surface area contributed by atoms with Crippen LogP contribution in [0.1, 0.15) is 31.2 Å². The molecule has 0 spiro atoms. The number of rotatable bonds is 6. The van der Waals surface area contributed by atoms with Gasteiger partial charge in [0, 0.05) is 5.75 Å². The highest BCUT2D eigenvalue weighted by molar-refractivity contribution is 7.99. The van der Waals surface area contributed by atoms with Crippen molar-refractivity contribution in [3.63, 3.8) is 0 Å². The fraction of sp³-hybridized carbons (Fsp3) is 0.533. The molecule has 1 amide bonds. The largest absolute Gasteiger partial charge is 0.573 e. The van der Waals surface area contributed by atoms with E-state index >= 15 is 0 Å². The van der Waals surface area contributed by atoms with E-state index in [9.17, 15) is 18.0 Å². The standard InChI is InChI=1S/C15H18F3NO2S/c16-15(17,18)21-12-7-3-4-10(8-12)9-22-13(14(19)20)11-5-1-2-6-11/h3-4,7-8,11,13H,1-2,5-6,9H2,(H2,19,20). The van der Waals surface area contributed by atoms with Gasteiger partial charge in [0.1, 0.15) is 5.75 Å². The quantitative estimate of drug-likeness (QED) is 0.860. The Labute approximate surface area is 131 Å². The molecule has 22 heavy (non-hydrogen) atoms. The molecule has 2 rings (SSSR count). The number of hydrogen-bond donors (Lipinski definition) is 1. The zero-order valence-corrected chi connectivity index (χ0v) is 12.8. The molecule has 3 nitrogen and oxygen atoms in total. The molecule has 7 heteroatoms. The predicted molar refractivity (Wildman–Crippen MR) is 79.4 cm³/mol. The van der Waals surface area contributed by atoms with Crippen LogP contribution in [0.3, 0.4) is 0 Å². The number of ether oxygens (including phenoxy) is 1. The number of hydrogen-bond acceptors (Lipinski definition) is 3. The zero-order valence-electron chi connectivity index (χ0n) is 11.9. The monoisotopic (exact) mass is 333 g/mol. The first-order chi connectivity index (χ1) is 10.3. The Morgan fingerprint density at radius 3 is 2.64 bits per heavy atom. The number of amides is 1. The van der Waals surface area contributed by atoms with E-state index in [4.69, 9.17) is 5.73 Å². The molecule has 0 bridgehead atoms. The van der Waals surface area contributed by atoms with E-state index in [1.807, 2.05) is 0 Å². The minimum absolute atomic E-state index is 0.248. The van der Waals surface area contributed by atoms with Gasteiger partial charge in [-0.1, -0.05) is 25.0 Å². The van der Waals surface area contributed by atoms with E-state index in [0.717, 1.165) is 25.7 Å². The first-order valence-corrected chi connectivity index (χ1v) is 8.15. The van der Waals surface area contributed by atoms with Crippen molar-refractivity contribution < 1.29 is 22.7 Å². The van der Waals surface area contributed by atoms with Crippen molar-refractivity contribution in [2.45, 2.75) is 43.0 Å². The van der Waals surface area contributed by atoms with Gasteiger partial charge in [0.25, 0.3) is 0 Å². The van der Waals surface area contributed by atoms with Gasteiger partial charge in [-0.15, -0.1) is 24.9 Å². The maximum atomic E-state index is 12.2. The summed E-state index contributed by atoms with van der Waals surface area (Å²) in [6.45, 7) is 0. The molecule has 0 saturated heterocycles. The Balaban J connectivity index is 1.97. The average Bonchev–Trinajstić information content (AvgIpc) is 2.91. The minimum Gasteiger partial charge on any atom is -0.406 e. The van der Waals surface area contributed by atoms with E-state index in [0.29, 0.717) is 11.3 Å². The molecule has 2 N–H and O–H groups in total. The van der Waals surface area contributed by atoms with Crippen LogP contribution in [-0.2, 0) is 10.5 Å². The third-order valence-electron chi connectivity index (χ3n) is 3.67. The number of benzene rings is 1. The van der Waals surface area contributed by atoms with Crippen LogP contribution in [0.15, 0.2) is 24.3 Å². The molecule has 1 aliphatic rings. The second kappa shape index (κ2) is 7.26. The molecule has 1 atom stereocenters. The third-order valence-corrected chi connectivity index (χ3v) is 5.15. The summed E-state index contributed by atoms with van der Waals surface area (Å²) in [6.07, 6.45) is -0.533. The van der Waals surface area contributed by atoms with Crippen LogP contribution in [0.25, 0.3) is 0 Å². The lowest BCUT2D eigenvalue weighted by Crippen LogP contribution is -2.31. The van der Waals surface area contributed by atoms with Crippen LogP contribution in [-0.4, -0.2) is 17.5 Å². The van der Waals surface area contributed by atoms with Crippen LogP contribution >= 0.6 is 11.8 Å². The van der Waals surface area contributed by atoms with E-state index in [-0.39, 0.29) is 22.8 Å². The molecule has 1 saturated carbocycles. The second-order valence-electron chi connectivity index (χ2n) is 5.37. The van der Waals surface area contributed by atoms with Crippen LogP contribution in [0.5, 0.6) is 5.75 Å². The number of thioether (sulfide) groups is 1. The SMILES string of the molecule is NC(=O)C(SCc1cccc(OC(F)(F)F)c1)C1CCCC1.